The lowest BCUT2D eigenvalue weighted by Crippen LogP contribution is -2.41. The van der Waals surface area contributed by atoms with Crippen LogP contribution in [0.3, 0.4) is 0 Å². The minimum absolute atomic E-state index is 0.00436. The number of nitrogens with one attached hydrogen (secondary N) is 1. The Morgan fingerprint density at radius 3 is 2.44 bits per heavy atom. The predicted octanol–water partition coefficient (Wildman–Crippen LogP) is 4.77. The Balaban J connectivity index is 1.25. The van der Waals surface area contributed by atoms with Crippen molar-refractivity contribution < 1.29 is 9.59 Å². The number of likely N-dealkylation sites (tertiary alicyclic amines) is 2. The van der Waals surface area contributed by atoms with Crippen LogP contribution >= 0.6 is 22.9 Å². The normalized spacial score (nSPS) is 22.7. The number of halogens is 1. The molecule has 2 saturated heterocycles. The van der Waals surface area contributed by atoms with Gasteiger partial charge in [-0.1, -0.05) is 25.4 Å². The van der Waals surface area contributed by atoms with Gasteiger partial charge in [-0.3, -0.25) is 14.5 Å². The molecule has 2 atom stereocenters. The largest absolute Gasteiger partial charge is 0.339 e. The number of hydrogen-bond acceptors (Lipinski definition) is 5. The molecule has 0 radical (unpaired) electrons. The molecule has 1 N–H and O–H groups in total. The second kappa shape index (κ2) is 10.3. The summed E-state index contributed by atoms with van der Waals surface area (Å²) in [6, 6.07) is 6.94. The molecular formula is C24H31ClN4O2S. The smallest absolute Gasteiger partial charge is 0.253 e. The average Bonchev–Trinajstić information content (AvgIpc) is 3.19. The molecule has 32 heavy (non-hydrogen) atoms. The molecule has 2 unspecified atom stereocenters. The Labute approximate surface area is 199 Å². The summed E-state index contributed by atoms with van der Waals surface area (Å²) in [5.41, 5.74) is 1.65. The van der Waals surface area contributed by atoms with Crippen LogP contribution in [0.4, 0.5) is 5.13 Å². The molecule has 3 heterocycles. The zero-order valence-corrected chi connectivity index (χ0v) is 20.3. The number of anilines is 1. The Hall–Kier alpha value is -1.96. The fourth-order valence-electron chi connectivity index (χ4n) is 4.91. The maximum absolute atomic E-state index is 12.8. The van der Waals surface area contributed by atoms with E-state index in [1.165, 1.54) is 17.8 Å². The van der Waals surface area contributed by atoms with E-state index in [-0.39, 0.29) is 17.7 Å². The quantitative estimate of drug-likeness (QED) is 0.678. The first-order valence-corrected chi connectivity index (χ1v) is 12.7. The zero-order chi connectivity index (χ0) is 22.7. The molecule has 8 heteroatoms. The van der Waals surface area contributed by atoms with Crippen molar-refractivity contribution in [3.05, 3.63) is 45.9 Å². The van der Waals surface area contributed by atoms with Crippen molar-refractivity contribution in [3.8, 4) is 0 Å². The number of nitrogens with zero attached hydrogens (tertiary/aromatic N) is 3. The first-order valence-electron chi connectivity index (χ1n) is 11.4. The van der Waals surface area contributed by atoms with Gasteiger partial charge in [0, 0.05) is 54.6 Å². The van der Waals surface area contributed by atoms with Crippen molar-refractivity contribution >= 4 is 39.9 Å². The van der Waals surface area contributed by atoms with Crippen LogP contribution in [0, 0.1) is 17.8 Å². The van der Waals surface area contributed by atoms with Crippen LogP contribution in [0.1, 0.15) is 49.2 Å². The van der Waals surface area contributed by atoms with E-state index in [0.29, 0.717) is 53.5 Å². The van der Waals surface area contributed by atoms with Crippen LogP contribution in [0.5, 0.6) is 0 Å². The number of thiazole rings is 1. The summed E-state index contributed by atoms with van der Waals surface area (Å²) < 4.78 is 0. The van der Waals surface area contributed by atoms with E-state index in [0.717, 1.165) is 25.3 Å². The average molecular weight is 475 g/mol. The van der Waals surface area contributed by atoms with Gasteiger partial charge in [0.1, 0.15) is 0 Å². The molecule has 4 rings (SSSR count). The number of benzene rings is 1. The van der Waals surface area contributed by atoms with Crippen LogP contribution in [-0.2, 0) is 11.3 Å². The highest BCUT2D eigenvalue weighted by Crippen LogP contribution is 2.25. The molecule has 2 aliphatic heterocycles. The molecule has 1 aromatic carbocycles. The third-order valence-electron chi connectivity index (χ3n) is 6.36. The lowest BCUT2D eigenvalue weighted by atomic mass is 9.92. The molecule has 172 valence electrons. The van der Waals surface area contributed by atoms with Crippen molar-refractivity contribution in [2.75, 3.05) is 31.5 Å². The Bertz CT molecular complexity index is 930. The van der Waals surface area contributed by atoms with Gasteiger partial charge in [0.05, 0.1) is 5.69 Å². The molecule has 0 bridgehead atoms. The summed E-state index contributed by atoms with van der Waals surface area (Å²) in [5, 5.41) is 6.33. The van der Waals surface area contributed by atoms with Gasteiger partial charge >= 0.3 is 0 Å². The molecule has 2 amide bonds. The van der Waals surface area contributed by atoms with E-state index in [4.69, 9.17) is 11.6 Å². The Morgan fingerprint density at radius 2 is 1.78 bits per heavy atom. The maximum atomic E-state index is 12.8. The van der Waals surface area contributed by atoms with Crippen LogP contribution in [-0.4, -0.2) is 52.8 Å². The van der Waals surface area contributed by atoms with E-state index < -0.39 is 0 Å². The van der Waals surface area contributed by atoms with Crippen LogP contribution in [0.15, 0.2) is 29.6 Å². The third kappa shape index (κ3) is 5.88. The summed E-state index contributed by atoms with van der Waals surface area (Å²) in [5.74, 6) is 1.33. The van der Waals surface area contributed by atoms with Crippen LogP contribution in [0.2, 0.25) is 5.02 Å². The number of hydrogen-bond donors (Lipinski definition) is 1. The van der Waals surface area contributed by atoms with E-state index in [9.17, 15) is 9.59 Å². The predicted molar refractivity (Wildman–Crippen MR) is 129 cm³/mol. The van der Waals surface area contributed by atoms with Gasteiger partial charge in [0.15, 0.2) is 5.13 Å². The summed E-state index contributed by atoms with van der Waals surface area (Å²) in [7, 11) is 0. The molecule has 0 aliphatic carbocycles. The first kappa shape index (κ1) is 23.2. The van der Waals surface area contributed by atoms with E-state index in [1.807, 2.05) is 10.3 Å². The highest BCUT2D eigenvalue weighted by Gasteiger charge is 2.28. The SMILES string of the molecule is CC1CC(C)CN(Cc2csc(NC(=O)C3CCN(C(=O)c4ccc(Cl)cc4)CC3)n2)C1. The van der Waals surface area contributed by atoms with Crippen molar-refractivity contribution in [1.82, 2.24) is 14.8 Å². The highest BCUT2D eigenvalue weighted by molar-refractivity contribution is 7.13. The summed E-state index contributed by atoms with van der Waals surface area (Å²) in [4.78, 5) is 34.3. The fraction of sp³-hybridized carbons (Fsp3) is 0.542. The lowest BCUT2D eigenvalue weighted by molar-refractivity contribution is -0.121. The fourth-order valence-corrected chi connectivity index (χ4v) is 5.74. The number of rotatable bonds is 5. The molecule has 2 fully saturated rings. The number of carbonyl (C=O) groups is 2. The first-order chi connectivity index (χ1) is 15.4. The number of piperidine rings is 2. The minimum Gasteiger partial charge on any atom is -0.339 e. The summed E-state index contributed by atoms with van der Waals surface area (Å²) in [6.45, 7) is 8.83. The molecule has 0 saturated carbocycles. The topological polar surface area (TPSA) is 65.5 Å². The third-order valence-corrected chi connectivity index (χ3v) is 7.41. The van der Waals surface area contributed by atoms with E-state index in [2.05, 4.69) is 29.0 Å². The molecular weight excluding hydrogens is 444 g/mol. The highest BCUT2D eigenvalue weighted by atomic mass is 35.5. The van der Waals surface area contributed by atoms with Crippen LogP contribution in [0.25, 0.3) is 0 Å². The van der Waals surface area contributed by atoms with Gasteiger partial charge < -0.3 is 10.2 Å². The minimum atomic E-state index is -0.0968. The van der Waals surface area contributed by atoms with Crippen molar-refractivity contribution in [2.24, 2.45) is 17.8 Å². The van der Waals surface area contributed by atoms with E-state index in [1.54, 1.807) is 24.3 Å². The molecule has 1 aromatic heterocycles. The second-order valence-electron chi connectivity index (χ2n) is 9.35. The lowest BCUT2D eigenvalue weighted by Gasteiger charge is -2.34. The monoisotopic (exact) mass is 474 g/mol. The zero-order valence-electron chi connectivity index (χ0n) is 18.7. The van der Waals surface area contributed by atoms with Crippen molar-refractivity contribution in [3.63, 3.8) is 0 Å². The Morgan fingerprint density at radius 1 is 1.12 bits per heavy atom. The molecule has 2 aromatic rings. The van der Waals surface area contributed by atoms with E-state index >= 15 is 0 Å². The maximum Gasteiger partial charge on any atom is 0.253 e. The number of amides is 2. The molecule has 0 spiro atoms. The van der Waals surface area contributed by atoms with Gasteiger partial charge in [-0.15, -0.1) is 11.3 Å². The molecule has 2 aliphatic rings. The van der Waals surface area contributed by atoms with Crippen molar-refractivity contribution in [2.45, 2.75) is 39.7 Å². The standard InChI is InChI=1S/C24H31ClN4O2S/c1-16-11-17(2)13-28(12-16)14-21-15-32-24(26-21)27-22(30)18-7-9-29(10-8-18)23(31)19-3-5-20(25)6-4-19/h3-6,15-18H,7-14H2,1-2H3,(H,26,27,30). The summed E-state index contributed by atoms with van der Waals surface area (Å²) in [6.07, 6.45) is 2.61. The Kier molecular flexibility index (Phi) is 7.48. The van der Waals surface area contributed by atoms with Gasteiger partial charge in [-0.25, -0.2) is 4.98 Å². The van der Waals surface area contributed by atoms with Gasteiger partial charge in [-0.2, -0.15) is 0 Å². The number of aromatic nitrogens is 1. The second-order valence-corrected chi connectivity index (χ2v) is 10.6. The van der Waals surface area contributed by atoms with Gasteiger partial charge in [0.2, 0.25) is 5.91 Å². The van der Waals surface area contributed by atoms with Gasteiger partial charge in [-0.05, 0) is 55.4 Å². The summed E-state index contributed by atoms with van der Waals surface area (Å²) >= 11 is 7.40. The van der Waals surface area contributed by atoms with Crippen LogP contribution < -0.4 is 5.32 Å². The number of carbonyl (C=O) groups excluding carboxylic acids is 2. The molecule has 6 nitrogen and oxygen atoms in total. The van der Waals surface area contributed by atoms with Gasteiger partial charge in [0.25, 0.3) is 5.91 Å². The van der Waals surface area contributed by atoms with Crippen molar-refractivity contribution in [1.29, 1.82) is 0 Å².